The Morgan fingerprint density at radius 1 is 1.23 bits per heavy atom. The number of carbonyl (C=O) groups is 2. The SMILES string of the molecule is CC(=O)Nc1ccc(CC(=O)N2CCNCC2c2cccc(F)c2)cc1. The fourth-order valence-electron chi connectivity index (χ4n) is 3.20. The van der Waals surface area contributed by atoms with Gasteiger partial charge in [0.2, 0.25) is 11.8 Å². The van der Waals surface area contributed by atoms with Crippen molar-refractivity contribution in [1.82, 2.24) is 10.2 Å². The van der Waals surface area contributed by atoms with Gasteiger partial charge in [-0.15, -0.1) is 0 Å². The van der Waals surface area contributed by atoms with E-state index in [-0.39, 0.29) is 30.1 Å². The largest absolute Gasteiger partial charge is 0.333 e. The van der Waals surface area contributed by atoms with E-state index in [1.807, 2.05) is 23.1 Å². The number of anilines is 1. The summed E-state index contributed by atoms with van der Waals surface area (Å²) in [6.45, 7) is 3.37. The molecule has 2 aromatic rings. The first-order chi connectivity index (χ1) is 12.5. The average molecular weight is 355 g/mol. The second-order valence-corrected chi connectivity index (χ2v) is 6.42. The lowest BCUT2D eigenvalue weighted by Gasteiger charge is -2.36. The summed E-state index contributed by atoms with van der Waals surface area (Å²) in [5.41, 5.74) is 2.38. The second-order valence-electron chi connectivity index (χ2n) is 6.42. The van der Waals surface area contributed by atoms with Gasteiger partial charge in [0.15, 0.2) is 0 Å². The van der Waals surface area contributed by atoms with Gasteiger partial charge in [0, 0.05) is 32.2 Å². The number of nitrogens with one attached hydrogen (secondary N) is 2. The summed E-state index contributed by atoms with van der Waals surface area (Å²) < 4.78 is 13.6. The van der Waals surface area contributed by atoms with Crippen LogP contribution < -0.4 is 10.6 Å². The van der Waals surface area contributed by atoms with E-state index >= 15 is 0 Å². The summed E-state index contributed by atoms with van der Waals surface area (Å²) >= 11 is 0. The van der Waals surface area contributed by atoms with E-state index in [4.69, 9.17) is 0 Å². The average Bonchev–Trinajstić information content (AvgIpc) is 2.63. The molecule has 1 fully saturated rings. The van der Waals surface area contributed by atoms with Crippen LogP contribution in [0.3, 0.4) is 0 Å². The molecular weight excluding hydrogens is 333 g/mol. The van der Waals surface area contributed by atoms with Crippen LogP contribution in [0.4, 0.5) is 10.1 Å². The molecule has 6 heteroatoms. The first kappa shape index (κ1) is 18.1. The van der Waals surface area contributed by atoms with Crippen LogP contribution in [0.2, 0.25) is 0 Å². The van der Waals surface area contributed by atoms with Crippen molar-refractivity contribution in [3.05, 3.63) is 65.5 Å². The van der Waals surface area contributed by atoms with E-state index in [0.717, 1.165) is 17.7 Å². The molecule has 0 bridgehead atoms. The van der Waals surface area contributed by atoms with Crippen molar-refractivity contribution in [2.24, 2.45) is 0 Å². The third-order valence-corrected chi connectivity index (χ3v) is 4.43. The summed E-state index contributed by atoms with van der Waals surface area (Å²) in [6.07, 6.45) is 0.270. The molecule has 1 aliphatic rings. The Hall–Kier alpha value is -2.73. The Morgan fingerprint density at radius 2 is 2.00 bits per heavy atom. The molecule has 0 aliphatic carbocycles. The zero-order valence-corrected chi connectivity index (χ0v) is 14.7. The standard InChI is InChI=1S/C20H22FN3O2/c1-14(25)23-18-7-5-15(6-8-18)11-20(26)24-10-9-22-13-19(24)16-3-2-4-17(21)12-16/h2-8,12,19,22H,9-11,13H2,1H3,(H,23,25). The molecule has 136 valence electrons. The minimum Gasteiger partial charge on any atom is -0.333 e. The summed E-state index contributed by atoms with van der Waals surface area (Å²) in [7, 11) is 0. The van der Waals surface area contributed by atoms with Gasteiger partial charge in [-0.1, -0.05) is 24.3 Å². The summed E-state index contributed by atoms with van der Waals surface area (Å²) in [6, 6.07) is 13.5. The van der Waals surface area contributed by atoms with E-state index in [1.54, 1.807) is 18.2 Å². The summed E-state index contributed by atoms with van der Waals surface area (Å²) in [5, 5.41) is 5.98. The number of nitrogens with zero attached hydrogens (tertiary/aromatic N) is 1. The van der Waals surface area contributed by atoms with E-state index < -0.39 is 0 Å². The summed E-state index contributed by atoms with van der Waals surface area (Å²) in [4.78, 5) is 25.7. The van der Waals surface area contributed by atoms with Crippen LogP contribution >= 0.6 is 0 Å². The van der Waals surface area contributed by atoms with Crippen molar-refractivity contribution < 1.29 is 14.0 Å². The number of hydrogen-bond donors (Lipinski definition) is 2. The molecule has 1 heterocycles. The summed E-state index contributed by atoms with van der Waals surface area (Å²) in [5.74, 6) is -0.422. The zero-order valence-electron chi connectivity index (χ0n) is 14.7. The van der Waals surface area contributed by atoms with Crippen LogP contribution in [0.1, 0.15) is 24.1 Å². The fraction of sp³-hybridized carbons (Fsp3) is 0.300. The predicted molar refractivity (Wildman–Crippen MR) is 98.2 cm³/mol. The van der Waals surface area contributed by atoms with E-state index in [9.17, 15) is 14.0 Å². The van der Waals surface area contributed by atoms with E-state index in [2.05, 4.69) is 10.6 Å². The topological polar surface area (TPSA) is 61.4 Å². The highest BCUT2D eigenvalue weighted by atomic mass is 19.1. The zero-order chi connectivity index (χ0) is 18.5. The number of amides is 2. The van der Waals surface area contributed by atoms with Crippen LogP contribution in [-0.2, 0) is 16.0 Å². The maximum Gasteiger partial charge on any atom is 0.227 e. The van der Waals surface area contributed by atoms with Crippen molar-refractivity contribution in [3.63, 3.8) is 0 Å². The molecule has 0 radical (unpaired) electrons. The van der Waals surface area contributed by atoms with E-state index in [1.165, 1.54) is 19.1 Å². The monoisotopic (exact) mass is 355 g/mol. The molecule has 2 N–H and O–H groups in total. The van der Waals surface area contributed by atoms with Gasteiger partial charge in [-0.25, -0.2) is 4.39 Å². The van der Waals surface area contributed by atoms with Gasteiger partial charge in [0.05, 0.1) is 12.5 Å². The molecule has 26 heavy (non-hydrogen) atoms. The molecular formula is C20H22FN3O2. The quantitative estimate of drug-likeness (QED) is 0.886. The maximum atomic E-state index is 13.6. The Bertz CT molecular complexity index is 792. The third kappa shape index (κ3) is 4.46. The van der Waals surface area contributed by atoms with Crippen molar-refractivity contribution in [2.45, 2.75) is 19.4 Å². The van der Waals surface area contributed by atoms with Crippen LogP contribution in [0.15, 0.2) is 48.5 Å². The van der Waals surface area contributed by atoms with Crippen LogP contribution in [0.5, 0.6) is 0 Å². The van der Waals surface area contributed by atoms with Crippen molar-refractivity contribution in [3.8, 4) is 0 Å². The lowest BCUT2D eigenvalue weighted by atomic mass is 10.0. The van der Waals surface area contributed by atoms with Gasteiger partial charge < -0.3 is 15.5 Å². The van der Waals surface area contributed by atoms with Crippen LogP contribution in [0.25, 0.3) is 0 Å². The number of carbonyl (C=O) groups excluding carboxylic acids is 2. The molecule has 5 nitrogen and oxygen atoms in total. The molecule has 0 spiro atoms. The Labute approximate surface area is 152 Å². The molecule has 1 saturated heterocycles. The number of hydrogen-bond acceptors (Lipinski definition) is 3. The van der Waals surface area contributed by atoms with E-state index in [0.29, 0.717) is 18.8 Å². The van der Waals surface area contributed by atoms with Gasteiger partial charge in [-0.2, -0.15) is 0 Å². The highest BCUT2D eigenvalue weighted by Crippen LogP contribution is 2.24. The highest BCUT2D eigenvalue weighted by molar-refractivity contribution is 5.88. The molecule has 0 aromatic heterocycles. The van der Waals surface area contributed by atoms with Crippen LogP contribution in [-0.4, -0.2) is 36.3 Å². The lowest BCUT2D eigenvalue weighted by Crippen LogP contribution is -2.49. The Balaban J connectivity index is 1.71. The number of benzene rings is 2. The lowest BCUT2D eigenvalue weighted by molar-refractivity contribution is -0.133. The first-order valence-corrected chi connectivity index (χ1v) is 8.65. The minimum absolute atomic E-state index is 0.00744. The molecule has 3 rings (SSSR count). The molecule has 0 saturated carbocycles. The molecule has 2 amide bonds. The number of piperazine rings is 1. The second kappa shape index (κ2) is 8.10. The number of rotatable bonds is 4. The van der Waals surface area contributed by atoms with Crippen molar-refractivity contribution in [2.75, 3.05) is 25.0 Å². The predicted octanol–water partition coefficient (Wildman–Crippen LogP) is 2.50. The normalized spacial score (nSPS) is 17.0. The maximum absolute atomic E-state index is 13.6. The molecule has 1 atom stereocenters. The van der Waals surface area contributed by atoms with Gasteiger partial charge >= 0.3 is 0 Å². The fourth-order valence-corrected chi connectivity index (χ4v) is 3.20. The van der Waals surface area contributed by atoms with Crippen molar-refractivity contribution >= 4 is 17.5 Å². The number of halogens is 1. The van der Waals surface area contributed by atoms with Gasteiger partial charge in [-0.3, -0.25) is 9.59 Å². The Kier molecular flexibility index (Phi) is 5.63. The highest BCUT2D eigenvalue weighted by Gasteiger charge is 2.27. The minimum atomic E-state index is -0.297. The molecule has 2 aromatic carbocycles. The molecule has 1 aliphatic heterocycles. The van der Waals surface area contributed by atoms with Gasteiger partial charge in [-0.05, 0) is 35.4 Å². The molecule has 1 unspecified atom stereocenters. The van der Waals surface area contributed by atoms with Crippen molar-refractivity contribution in [1.29, 1.82) is 0 Å². The third-order valence-electron chi connectivity index (χ3n) is 4.43. The Morgan fingerprint density at radius 3 is 2.69 bits per heavy atom. The van der Waals surface area contributed by atoms with Gasteiger partial charge in [0.25, 0.3) is 0 Å². The smallest absolute Gasteiger partial charge is 0.227 e. The van der Waals surface area contributed by atoms with Crippen LogP contribution in [0, 0.1) is 5.82 Å². The van der Waals surface area contributed by atoms with Gasteiger partial charge in [0.1, 0.15) is 5.82 Å². The first-order valence-electron chi connectivity index (χ1n) is 8.65.